The van der Waals surface area contributed by atoms with E-state index in [0.717, 1.165) is 0 Å². The zero-order chi connectivity index (χ0) is 15.1. The lowest BCUT2D eigenvalue weighted by molar-refractivity contribution is -0.129. The number of nitrogens with one attached hydrogen (secondary N) is 1. The second-order valence-electron chi connectivity index (χ2n) is 4.44. The molecule has 1 aromatic heterocycles. The number of amides is 2. The van der Waals surface area contributed by atoms with E-state index in [1.807, 2.05) is 0 Å². The van der Waals surface area contributed by atoms with E-state index in [9.17, 15) is 14.4 Å². The number of nitrogens with zero attached hydrogens (tertiary/aromatic N) is 2. The van der Waals surface area contributed by atoms with E-state index in [-0.39, 0.29) is 30.2 Å². The van der Waals surface area contributed by atoms with Crippen LogP contribution in [0.25, 0.3) is 0 Å². The summed E-state index contributed by atoms with van der Waals surface area (Å²) in [4.78, 5) is 40.5. The summed E-state index contributed by atoms with van der Waals surface area (Å²) in [6, 6.07) is 4.32. The van der Waals surface area contributed by atoms with Crippen molar-refractivity contribution in [2.75, 3.05) is 40.9 Å². The SMILES string of the molecule is COCCN(CC(=O)N(C)C)C(=O)c1cccc(=O)[nH]1. The van der Waals surface area contributed by atoms with Gasteiger partial charge in [-0.2, -0.15) is 0 Å². The van der Waals surface area contributed by atoms with Crippen LogP contribution in [0.4, 0.5) is 0 Å². The highest BCUT2D eigenvalue weighted by Gasteiger charge is 2.20. The van der Waals surface area contributed by atoms with Crippen LogP contribution in [-0.2, 0) is 9.53 Å². The standard InChI is InChI=1S/C13H19N3O4/c1-15(2)12(18)9-16(7-8-20-3)13(19)10-5-4-6-11(17)14-10/h4-6H,7-9H2,1-3H3,(H,14,17). The van der Waals surface area contributed by atoms with E-state index in [1.54, 1.807) is 14.1 Å². The molecule has 0 radical (unpaired) electrons. The fourth-order valence-corrected chi connectivity index (χ4v) is 1.50. The largest absolute Gasteiger partial charge is 0.383 e. The second kappa shape index (κ2) is 7.44. The van der Waals surface area contributed by atoms with Crippen LogP contribution in [0.1, 0.15) is 10.5 Å². The normalized spacial score (nSPS) is 10.2. The maximum atomic E-state index is 12.3. The molecular formula is C13H19N3O4. The van der Waals surface area contributed by atoms with Gasteiger partial charge in [-0.3, -0.25) is 14.4 Å². The average molecular weight is 281 g/mol. The number of pyridine rings is 1. The van der Waals surface area contributed by atoms with Gasteiger partial charge in [-0.05, 0) is 6.07 Å². The number of aromatic nitrogens is 1. The summed E-state index contributed by atoms with van der Waals surface area (Å²) in [5.74, 6) is -0.609. The molecule has 1 rings (SSSR count). The number of hydrogen-bond donors (Lipinski definition) is 1. The highest BCUT2D eigenvalue weighted by Crippen LogP contribution is 2.01. The number of likely N-dealkylation sites (N-methyl/N-ethyl adjacent to an activating group) is 1. The average Bonchev–Trinajstić information content (AvgIpc) is 2.42. The summed E-state index contributed by atoms with van der Waals surface area (Å²) in [5, 5.41) is 0. The Labute approximate surface area is 117 Å². The van der Waals surface area contributed by atoms with Crippen LogP contribution >= 0.6 is 0 Å². The predicted octanol–water partition coefficient (Wildman–Crippen LogP) is -0.448. The number of H-pyrrole nitrogens is 1. The summed E-state index contributed by atoms with van der Waals surface area (Å²) in [6.45, 7) is 0.515. The molecule has 2 amide bonds. The molecule has 0 aliphatic rings. The Morgan fingerprint density at radius 3 is 2.55 bits per heavy atom. The molecule has 1 aromatic rings. The van der Waals surface area contributed by atoms with E-state index in [1.165, 1.54) is 35.1 Å². The molecule has 0 bridgehead atoms. The number of ether oxygens (including phenoxy) is 1. The third-order valence-corrected chi connectivity index (χ3v) is 2.68. The Kier molecular flexibility index (Phi) is 5.92. The van der Waals surface area contributed by atoms with Gasteiger partial charge < -0.3 is 19.5 Å². The molecule has 7 nitrogen and oxygen atoms in total. The van der Waals surface area contributed by atoms with Crippen molar-refractivity contribution in [2.45, 2.75) is 0 Å². The molecule has 0 unspecified atom stereocenters. The fourth-order valence-electron chi connectivity index (χ4n) is 1.50. The number of methoxy groups -OCH3 is 1. The van der Waals surface area contributed by atoms with Crippen molar-refractivity contribution in [1.82, 2.24) is 14.8 Å². The summed E-state index contributed by atoms with van der Waals surface area (Å²) in [7, 11) is 4.75. The lowest BCUT2D eigenvalue weighted by atomic mass is 10.3. The van der Waals surface area contributed by atoms with Crippen LogP contribution in [0.5, 0.6) is 0 Å². The monoisotopic (exact) mass is 281 g/mol. The minimum Gasteiger partial charge on any atom is -0.383 e. The van der Waals surface area contributed by atoms with E-state index in [2.05, 4.69) is 4.98 Å². The van der Waals surface area contributed by atoms with Crippen molar-refractivity contribution in [3.05, 3.63) is 34.2 Å². The van der Waals surface area contributed by atoms with Gasteiger partial charge in [-0.15, -0.1) is 0 Å². The van der Waals surface area contributed by atoms with Crippen LogP contribution in [0.15, 0.2) is 23.0 Å². The topological polar surface area (TPSA) is 82.7 Å². The number of carbonyl (C=O) groups excluding carboxylic acids is 2. The molecule has 0 saturated heterocycles. The molecule has 0 aromatic carbocycles. The predicted molar refractivity (Wildman–Crippen MR) is 73.5 cm³/mol. The van der Waals surface area contributed by atoms with Gasteiger partial charge in [0.2, 0.25) is 11.5 Å². The number of carbonyl (C=O) groups is 2. The number of rotatable bonds is 6. The van der Waals surface area contributed by atoms with Gasteiger partial charge in [0.25, 0.3) is 5.91 Å². The molecule has 0 saturated carbocycles. The number of hydrogen-bond acceptors (Lipinski definition) is 4. The molecule has 7 heteroatoms. The third kappa shape index (κ3) is 4.51. The first-order chi connectivity index (χ1) is 9.45. The van der Waals surface area contributed by atoms with Crippen molar-refractivity contribution in [3.63, 3.8) is 0 Å². The lowest BCUT2D eigenvalue weighted by Gasteiger charge is -2.23. The minimum absolute atomic E-state index is 0.0634. The first-order valence-corrected chi connectivity index (χ1v) is 6.13. The fraction of sp³-hybridized carbons (Fsp3) is 0.462. The molecule has 1 N–H and O–H groups in total. The van der Waals surface area contributed by atoms with Crippen molar-refractivity contribution < 1.29 is 14.3 Å². The van der Waals surface area contributed by atoms with Crippen molar-refractivity contribution in [1.29, 1.82) is 0 Å². The maximum absolute atomic E-state index is 12.3. The van der Waals surface area contributed by atoms with Crippen molar-refractivity contribution >= 4 is 11.8 Å². The van der Waals surface area contributed by atoms with Gasteiger partial charge in [-0.1, -0.05) is 6.07 Å². The lowest BCUT2D eigenvalue weighted by Crippen LogP contribution is -2.42. The Morgan fingerprint density at radius 2 is 2.00 bits per heavy atom. The van der Waals surface area contributed by atoms with E-state index in [0.29, 0.717) is 6.61 Å². The molecule has 0 aliphatic carbocycles. The minimum atomic E-state index is -0.407. The molecule has 20 heavy (non-hydrogen) atoms. The Bertz CT molecular complexity index is 524. The van der Waals surface area contributed by atoms with Crippen molar-refractivity contribution in [3.8, 4) is 0 Å². The first-order valence-electron chi connectivity index (χ1n) is 6.13. The molecule has 0 spiro atoms. The molecule has 110 valence electrons. The highest BCUT2D eigenvalue weighted by atomic mass is 16.5. The van der Waals surface area contributed by atoms with Crippen LogP contribution in [0.2, 0.25) is 0 Å². The molecule has 0 aliphatic heterocycles. The summed E-state index contributed by atoms with van der Waals surface area (Å²) in [6.07, 6.45) is 0. The molecule has 0 fully saturated rings. The highest BCUT2D eigenvalue weighted by molar-refractivity contribution is 5.94. The van der Waals surface area contributed by atoms with Crippen LogP contribution in [0.3, 0.4) is 0 Å². The Balaban J connectivity index is 2.89. The van der Waals surface area contributed by atoms with Gasteiger partial charge in [0.15, 0.2) is 0 Å². The van der Waals surface area contributed by atoms with Crippen LogP contribution < -0.4 is 5.56 Å². The van der Waals surface area contributed by atoms with Crippen molar-refractivity contribution in [2.24, 2.45) is 0 Å². The van der Waals surface area contributed by atoms with Gasteiger partial charge in [0.1, 0.15) is 12.2 Å². The zero-order valence-corrected chi connectivity index (χ0v) is 11.9. The summed E-state index contributed by atoms with van der Waals surface area (Å²) in [5.41, 5.74) is -0.207. The van der Waals surface area contributed by atoms with Gasteiger partial charge in [0.05, 0.1) is 6.61 Å². The maximum Gasteiger partial charge on any atom is 0.270 e. The summed E-state index contributed by atoms with van der Waals surface area (Å²) < 4.78 is 4.93. The van der Waals surface area contributed by atoms with Gasteiger partial charge >= 0.3 is 0 Å². The number of aromatic amines is 1. The Morgan fingerprint density at radius 1 is 1.30 bits per heavy atom. The first kappa shape index (κ1) is 15.9. The summed E-state index contributed by atoms with van der Waals surface area (Å²) >= 11 is 0. The van der Waals surface area contributed by atoms with E-state index >= 15 is 0 Å². The van der Waals surface area contributed by atoms with Gasteiger partial charge in [-0.25, -0.2) is 0 Å². The Hall–Kier alpha value is -2.15. The van der Waals surface area contributed by atoms with Gasteiger partial charge in [0, 0.05) is 33.8 Å². The van der Waals surface area contributed by atoms with E-state index < -0.39 is 5.91 Å². The second-order valence-corrected chi connectivity index (χ2v) is 4.44. The third-order valence-electron chi connectivity index (χ3n) is 2.68. The molecule has 0 atom stereocenters. The van der Waals surface area contributed by atoms with E-state index in [4.69, 9.17) is 4.74 Å². The zero-order valence-electron chi connectivity index (χ0n) is 11.9. The van der Waals surface area contributed by atoms with Crippen LogP contribution in [-0.4, -0.2) is 67.5 Å². The smallest absolute Gasteiger partial charge is 0.270 e. The quantitative estimate of drug-likeness (QED) is 0.765. The molecule has 1 heterocycles. The molecular weight excluding hydrogens is 262 g/mol. The van der Waals surface area contributed by atoms with Crippen LogP contribution in [0, 0.1) is 0 Å².